The van der Waals surface area contributed by atoms with Crippen molar-refractivity contribution in [2.45, 2.75) is 66.2 Å². The van der Waals surface area contributed by atoms with Gasteiger partial charge in [0, 0.05) is 0 Å². The zero-order valence-electron chi connectivity index (χ0n) is 13.1. The van der Waals surface area contributed by atoms with Gasteiger partial charge in [-0.3, -0.25) is 0 Å². The molecule has 4 heteroatoms. The zero-order valence-corrected chi connectivity index (χ0v) is 13.1. The Bertz CT molecular complexity index is 323. The molecular weight excluding hydrogens is 256 g/mol. The van der Waals surface area contributed by atoms with E-state index in [1.807, 2.05) is 27.7 Å². The van der Waals surface area contributed by atoms with Crippen LogP contribution in [0, 0.1) is 11.8 Å². The third-order valence-corrected chi connectivity index (χ3v) is 3.72. The second-order valence-corrected chi connectivity index (χ2v) is 5.52. The summed E-state index contributed by atoms with van der Waals surface area (Å²) in [6.45, 7) is 7.71. The second kappa shape index (κ2) is 9.56. The van der Waals surface area contributed by atoms with E-state index in [0.717, 1.165) is 38.5 Å². The summed E-state index contributed by atoms with van der Waals surface area (Å²) in [5.74, 6) is -2.62. The van der Waals surface area contributed by atoms with Crippen molar-refractivity contribution in [2.24, 2.45) is 11.8 Å². The molecule has 0 saturated carbocycles. The average molecular weight is 284 g/mol. The monoisotopic (exact) mass is 284 g/mol. The number of rotatable bonds is 10. The van der Waals surface area contributed by atoms with Crippen LogP contribution < -0.4 is 0 Å². The van der Waals surface area contributed by atoms with Gasteiger partial charge in [0.1, 0.15) is 0 Å². The number of hydrogen-bond acceptors (Lipinski definition) is 2. The Morgan fingerprint density at radius 1 is 0.800 bits per heavy atom. The van der Waals surface area contributed by atoms with Crippen LogP contribution in [0.3, 0.4) is 0 Å². The van der Waals surface area contributed by atoms with E-state index in [0.29, 0.717) is 0 Å². The van der Waals surface area contributed by atoms with Gasteiger partial charge in [-0.15, -0.1) is 0 Å². The molecule has 4 nitrogen and oxygen atoms in total. The summed E-state index contributed by atoms with van der Waals surface area (Å²) in [5, 5.41) is 18.8. The first-order valence-corrected chi connectivity index (χ1v) is 7.57. The van der Waals surface area contributed by atoms with Gasteiger partial charge in [0.25, 0.3) is 0 Å². The lowest BCUT2D eigenvalue weighted by atomic mass is 9.84. The normalized spacial score (nSPS) is 15.4. The molecule has 0 fully saturated rings. The number of carboxylic acids is 2. The van der Waals surface area contributed by atoms with Crippen molar-refractivity contribution in [3.8, 4) is 0 Å². The molecule has 2 unspecified atom stereocenters. The molecule has 2 atom stereocenters. The first kappa shape index (κ1) is 18.7. The number of aliphatic carboxylic acids is 2. The van der Waals surface area contributed by atoms with E-state index in [2.05, 4.69) is 0 Å². The standard InChI is InChI=1S/C16H28O4/c1-5-7-9-11(3)13(15(17)18)14(16(19)20)12(4)10-8-6-2/h11-12H,5-10H2,1-4H3,(H,17,18)(H,19,20)/b14-13+. The van der Waals surface area contributed by atoms with E-state index in [1.165, 1.54) is 0 Å². The molecule has 0 aromatic heterocycles. The maximum atomic E-state index is 11.5. The summed E-state index contributed by atoms with van der Waals surface area (Å²) in [5.41, 5.74) is 0.184. The van der Waals surface area contributed by atoms with Crippen LogP contribution in [0.15, 0.2) is 11.1 Å². The Morgan fingerprint density at radius 3 is 1.30 bits per heavy atom. The summed E-state index contributed by atoms with van der Waals surface area (Å²) in [7, 11) is 0. The highest BCUT2D eigenvalue weighted by Crippen LogP contribution is 2.28. The Balaban J connectivity index is 5.43. The molecular formula is C16H28O4. The molecule has 0 aliphatic heterocycles. The van der Waals surface area contributed by atoms with E-state index in [-0.39, 0.29) is 23.0 Å². The third kappa shape index (κ3) is 5.76. The molecule has 0 amide bonds. The minimum Gasteiger partial charge on any atom is -0.478 e. The second-order valence-electron chi connectivity index (χ2n) is 5.52. The van der Waals surface area contributed by atoms with Crippen molar-refractivity contribution < 1.29 is 19.8 Å². The lowest BCUT2D eigenvalue weighted by Gasteiger charge is -2.20. The van der Waals surface area contributed by atoms with Crippen molar-refractivity contribution in [3.63, 3.8) is 0 Å². The predicted molar refractivity (Wildman–Crippen MR) is 79.7 cm³/mol. The Kier molecular flexibility index (Phi) is 8.93. The molecule has 0 radical (unpaired) electrons. The molecule has 0 saturated heterocycles. The lowest BCUT2D eigenvalue weighted by molar-refractivity contribution is -0.136. The van der Waals surface area contributed by atoms with Crippen LogP contribution in [0.1, 0.15) is 66.2 Å². The molecule has 0 aromatic carbocycles. The van der Waals surface area contributed by atoms with Gasteiger partial charge in [0.15, 0.2) is 0 Å². The van der Waals surface area contributed by atoms with Crippen LogP contribution in [0.25, 0.3) is 0 Å². The fourth-order valence-electron chi connectivity index (χ4n) is 2.49. The molecule has 0 spiro atoms. The minimum atomic E-state index is -1.09. The van der Waals surface area contributed by atoms with E-state index in [4.69, 9.17) is 0 Å². The van der Waals surface area contributed by atoms with Gasteiger partial charge < -0.3 is 10.2 Å². The van der Waals surface area contributed by atoms with Crippen molar-refractivity contribution in [2.75, 3.05) is 0 Å². The van der Waals surface area contributed by atoms with Crippen LogP contribution >= 0.6 is 0 Å². The summed E-state index contributed by atoms with van der Waals surface area (Å²) >= 11 is 0. The number of hydrogen-bond donors (Lipinski definition) is 2. The minimum absolute atomic E-state index is 0.0922. The van der Waals surface area contributed by atoms with E-state index < -0.39 is 11.9 Å². The van der Waals surface area contributed by atoms with E-state index in [9.17, 15) is 19.8 Å². The number of unbranched alkanes of at least 4 members (excludes halogenated alkanes) is 2. The first-order valence-electron chi connectivity index (χ1n) is 7.57. The fourth-order valence-corrected chi connectivity index (χ4v) is 2.49. The van der Waals surface area contributed by atoms with Crippen LogP contribution in [0.2, 0.25) is 0 Å². The zero-order chi connectivity index (χ0) is 15.7. The van der Waals surface area contributed by atoms with Gasteiger partial charge in [0.05, 0.1) is 11.1 Å². The molecule has 0 aromatic rings. The van der Waals surface area contributed by atoms with Gasteiger partial charge in [-0.1, -0.05) is 53.4 Å². The van der Waals surface area contributed by atoms with Crippen LogP contribution in [0.4, 0.5) is 0 Å². The van der Waals surface area contributed by atoms with Crippen molar-refractivity contribution in [1.29, 1.82) is 0 Å². The summed E-state index contributed by atoms with van der Waals surface area (Å²) in [4.78, 5) is 23.0. The van der Waals surface area contributed by atoms with Gasteiger partial charge in [0.2, 0.25) is 0 Å². The third-order valence-electron chi connectivity index (χ3n) is 3.72. The summed E-state index contributed by atoms with van der Waals surface area (Å²) in [6.07, 6.45) is 5.21. The molecule has 20 heavy (non-hydrogen) atoms. The van der Waals surface area contributed by atoms with E-state index >= 15 is 0 Å². The molecule has 116 valence electrons. The Labute approximate surface area is 121 Å². The highest BCUT2D eigenvalue weighted by molar-refractivity contribution is 5.99. The topological polar surface area (TPSA) is 74.6 Å². The molecule has 0 rings (SSSR count). The largest absolute Gasteiger partial charge is 0.478 e. The van der Waals surface area contributed by atoms with Crippen LogP contribution in [-0.4, -0.2) is 22.2 Å². The molecule has 0 aliphatic rings. The quantitative estimate of drug-likeness (QED) is 0.592. The van der Waals surface area contributed by atoms with Gasteiger partial charge >= 0.3 is 11.9 Å². The van der Waals surface area contributed by atoms with Crippen LogP contribution in [-0.2, 0) is 9.59 Å². The predicted octanol–water partition coefficient (Wildman–Crippen LogP) is 4.10. The molecule has 0 heterocycles. The highest BCUT2D eigenvalue weighted by atomic mass is 16.4. The average Bonchev–Trinajstić information content (AvgIpc) is 2.38. The molecule has 2 N–H and O–H groups in total. The van der Waals surface area contributed by atoms with Gasteiger partial charge in [-0.05, 0) is 24.7 Å². The Hall–Kier alpha value is -1.32. The SMILES string of the molecule is CCCCC(C)/C(C(=O)O)=C(\C(=O)O)C(C)CCCC. The maximum absolute atomic E-state index is 11.5. The van der Waals surface area contributed by atoms with Gasteiger partial charge in [-0.2, -0.15) is 0 Å². The molecule has 0 aliphatic carbocycles. The Morgan fingerprint density at radius 2 is 1.10 bits per heavy atom. The number of carbonyl (C=O) groups is 2. The van der Waals surface area contributed by atoms with E-state index in [1.54, 1.807) is 0 Å². The smallest absolute Gasteiger partial charge is 0.332 e. The number of carboxylic acid groups (broad SMARTS) is 2. The van der Waals surface area contributed by atoms with Crippen molar-refractivity contribution >= 4 is 11.9 Å². The highest BCUT2D eigenvalue weighted by Gasteiger charge is 2.28. The molecule has 0 bridgehead atoms. The summed E-state index contributed by atoms with van der Waals surface area (Å²) in [6, 6.07) is 0. The first-order chi connectivity index (χ1) is 9.36. The lowest BCUT2D eigenvalue weighted by Crippen LogP contribution is -2.21. The van der Waals surface area contributed by atoms with Crippen LogP contribution in [0.5, 0.6) is 0 Å². The van der Waals surface area contributed by atoms with Gasteiger partial charge in [-0.25, -0.2) is 9.59 Å². The summed E-state index contributed by atoms with van der Waals surface area (Å²) < 4.78 is 0. The maximum Gasteiger partial charge on any atom is 0.332 e. The van der Waals surface area contributed by atoms with Crippen molar-refractivity contribution in [1.82, 2.24) is 0 Å². The van der Waals surface area contributed by atoms with Crippen molar-refractivity contribution in [3.05, 3.63) is 11.1 Å². The fraction of sp³-hybridized carbons (Fsp3) is 0.750.